The van der Waals surface area contributed by atoms with E-state index in [4.69, 9.17) is 5.73 Å². The Morgan fingerprint density at radius 3 is 2.80 bits per heavy atom. The van der Waals surface area contributed by atoms with Crippen LogP contribution in [0.25, 0.3) is 0 Å². The van der Waals surface area contributed by atoms with Crippen LogP contribution in [0.3, 0.4) is 0 Å². The molecule has 1 heterocycles. The van der Waals surface area contributed by atoms with Crippen molar-refractivity contribution in [2.75, 3.05) is 6.54 Å². The molecule has 1 saturated heterocycles. The second kappa shape index (κ2) is 4.45. The molecule has 2 N–H and O–H groups in total. The SMILES string of the molecule is NC(=O)[C@@H]1CCCN1Cc1ccccc1. The van der Waals surface area contributed by atoms with Crippen LogP contribution >= 0.6 is 0 Å². The molecule has 0 unspecified atom stereocenters. The van der Waals surface area contributed by atoms with E-state index in [1.165, 1.54) is 5.56 Å². The number of benzene rings is 1. The molecule has 0 saturated carbocycles. The van der Waals surface area contributed by atoms with Gasteiger partial charge in [0.05, 0.1) is 6.04 Å². The summed E-state index contributed by atoms with van der Waals surface area (Å²) in [7, 11) is 0. The Balaban J connectivity index is 2.03. The maximum Gasteiger partial charge on any atom is 0.234 e. The van der Waals surface area contributed by atoms with E-state index in [1.807, 2.05) is 18.2 Å². The van der Waals surface area contributed by atoms with Crippen molar-refractivity contribution in [1.82, 2.24) is 4.90 Å². The lowest BCUT2D eigenvalue weighted by molar-refractivity contribution is -0.122. The van der Waals surface area contributed by atoms with Crippen LogP contribution in [-0.2, 0) is 11.3 Å². The Bertz CT molecular complexity index is 337. The molecule has 80 valence electrons. The normalized spacial score (nSPS) is 21.7. The van der Waals surface area contributed by atoms with Crippen molar-refractivity contribution in [3.8, 4) is 0 Å². The maximum atomic E-state index is 11.2. The number of likely N-dealkylation sites (tertiary alicyclic amines) is 1. The van der Waals surface area contributed by atoms with Gasteiger partial charge in [0.1, 0.15) is 0 Å². The van der Waals surface area contributed by atoms with E-state index in [0.717, 1.165) is 25.9 Å². The molecule has 1 aromatic carbocycles. The van der Waals surface area contributed by atoms with Crippen LogP contribution < -0.4 is 5.73 Å². The molecule has 15 heavy (non-hydrogen) atoms. The predicted molar refractivity (Wildman–Crippen MR) is 59.1 cm³/mol. The minimum atomic E-state index is -0.191. The largest absolute Gasteiger partial charge is 0.368 e. The van der Waals surface area contributed by atoms with Gasteiger partial charge < -0.3 is 5.73 Å². The molecule has 0 spiro atoms. The van der Waals surface area contributed by atoms with Gasteiger partial charge >= 0.3 is 0 Å². The summed E-state index contributed by atoms with van der Waals surface area (Å²) >= 11 is 0. The van der Waals surface area contributed by atoms with Gasteiger partial charge in [0.25, 0.3) is 0 Å². The van der Waals surface area contributed by atoms with E-state index in [9.17, 15) is 4.79 Å². The third-order valence-corrected chi connectivity index (χ3v) is 2.92. The lowest BCUT2D eigenvalue weighted by Crippen LogP contribution is -2.39. The minimum Gasteiger partial charge on any atom is -0.368 e. The second-order valence-electron chi connectivity index (χ2n) is 4.02. The molecule has 1 aliphatic rings. The van der Waals surface area contributed by atoms with Gasteiger partial charge in [0, 0.05) is 6.54 Å². The number of hydrogen-bond donors (Lipinski definition) is 1. The summed E-state index contributed by atoms with van der Waals surface area (Å²) < 4.78 is 0. The van der Waals surface area contributed by atoms with Crippen LogP contribution in [0.5, 0.6) is 0 Å². The number of hydrogen-bond acceptors (Lipinski definition) is 2. The Kier molecular flexibility index (Phi) is 3.02. The van der Waals surface area contributed by atoms with E-state index in [1.54, 1.807) is 0 Å². The fraction of sp³-hybridized carbons (Fsp3) is 0.417. The summed E-state index contributed by atoms with van der Waals surface area (Å²) in [6.07, 6.45) is 1.97. The van der Waals surface area contributed by atoms with Crippen LogP contribution in [0, 0.1) is 0 Å². The standard InChI is InChI=1S/C12H16N2O/c13-12(15)11-7-4-8-14(11)9-10-5-2-1-3-6-10/h1-3,5-6,11H,4,7-9H2,(H2,13,15)/t11-/m0/s1. The average Bonchev–Trinajstić information content (AvgIpc) is 2.67. The van der Waals surface area contributed by atoms with E-state index < -0.39 is 0 Å². The summed E-state index contributed by atoms with van der Waals surface area (Å²) in [6, 6.07) is 10.1. The fourth-order valence-electron chi connectivity index (χ4n) is 2.16. The van der Waals surface area contributed by atoms with E-state index in [-0.39, 0.29) is 11.9 Å². The van der Waals surface area contributed by atoms with Crippen LogP contribution in [-0.4, -0.2) is 23.4 Å². The van der Waals surface area contributed by atoms with E-state index in [0.29, 0.717) is 0 Å². The minimum absolute atomic E-state index is 0.0646. The molecule has 1 atom stereocenters. The molecule has 0 radical (unpaired) electrons. The first-order chi connectivity index (χ1) is 7.27. The van der Waals surface area contributed by atoms with E-state index in [2.05, 4.69) is 17.0 Å². The van der Waals surface area contributed by atoms with Crippen molar-refractivity contribution in [1.29, 1.82) is 0 Å². The molecule has 0 aliphatic carbocycles. The van der Waals surface area contributed by atoms with Crippen LogP contribution in [0.15, 0.2) is 30.3 Å². The van der Waals surface area contributed by atoms with Crippen molar-refractivity contribution < 1.29 is 4.79 Å². The van der Waals surface area contributed by atoms with Crippen LogP contribution in [0.4, 0.5) is 0 Å². The number of nitrogens with two attached hydrogens (primary N) is 1. The van der Waals surface area contributed by atoms with Gasteiger partial charge in [-0.1, -0.05) is 30.3 Å². The predicted octanol–water partition coefficient (Wildman–Crippen LogP) is 1.14. The summed E-state index contributed by atoms with van der Waals surface area (Å²) in [5, 5.41) is 0. The first-order valence-electron chi connectivity index (χ1n) is 5.34. The smallest absolute Gasteiger partial charge is 0.234 e. The summed E-state index contributed by atoms with van der Waals surface area (Å²) in [6.45, 7) is 1.80. The first-order valence-corrected chi connectivity index (χ1v) is 5.34. The Morgan fingerprint density at radius 1 is 1.40 bits per heavy atom. The van der Waals surface area contributed by atoms with Gasteiger partial charge in [0.2, 0.25) is 5.91 Å². The number of rotatable bonds is 3. The molecule has 1 fully saturated rings. The molecule has 0 bridgehead atoms. The molecular weight excluding hydrogens is 188 g/mol. The lowest BCUT2D eigenvalue weighted by atomic mass is 10.2. The van der Waals surface area contributed by atoms with Crippen molar-refractivity contribution >= 4 is 5.91 Å². The number of carbonyl (C=O) groups is 1. The molecule has 3 nitrogen and oxygen atoms in total. The van der Waals surface area contributed by atoms with Gasteiger partial charge in [0.15, 0.2) is 0 Å². The monoisotopic (exact) mass is 204 g/mol. The summed E-state index contributed by atoms with van der Waals surface area (Å²) in [5.41, 5.74) is 6.60. The van der Waals surface area contributed by atoms with Gasteiger partial charge in [-0.2, -0.15) is 0 Å². The summed E-state index contributed by atoms with van der Waals surface area (Å²) in [5.74, 6) is -0.191. The lowest BCUT2D eigenvalue weighted by Gasteiger charge is -2.21. The van der Waals surface area contributed by atoms with Crippen molar-refractivity contribution in [3.63, 3.8) is 0 Å². The molecule has 1 aliphatic heterocycles. The number of nitrogens with zero attached hydrogens (tertiary/aromatic N) is 1. The Morgan fingerprint density at radius 2 is 2.13 bits per heavy atom. The summed E-state index contributed by atoms with van der Waals surface area (Å²) in [4.78, 5) is 13.3. The zero-order valence-corrected chi connectivity index (χ0v) is 8.73. The molecule has 1 aromatic rings. The Hall–Kier alpha value is -1.35. The second-order valence-corrected chi connectivity index (χ2v) is 4.02. The van der Waals surface area contributed by atoms with E-state index >= 15 is 0 Å². The van der Waals surface area contributed by atoms with Crippen LogP contribution in [0.2, 0.25) is 0 Å². The highest BCUT2D eigenvalue weighted by atomic mass is 16.1. The Labute approximate surface area is 89.9 Å². The number of carbonyl (C=O) groups excluding carboxylic acids is 1. The molecule has 2 rings (SSSR count). The third kappa shape index (κ3) is 2.36. The first kappa shape index (κ1) is 10.2. The van der Waals surface area contributed by atoms with Gasteiger partial charge in [-0.3, -0.25) is 9.69 Å². The molecular formula is C12H16N2O. The van der Waals surface area contributed by atoms with Crippen LogP contribution in [0.1, 0.15) is 18.4 Å². The topological polar surface area (TPSA) is 46.3 Å². The van der Waals surface area contributed by atoms with Gasteiger partial charge in [-0.25, -0.2) is 0 Å². The van der Waals surface area contributed by atoms with Crippen molar-refractivity contribution in [3.05, 3.63) is 35.9 Å². The van der Waals surface area contributed by atoms with Crippen molar-refractivity contribution in [2.45, 2.75) is 25.4 Å². The highest BCUT2D eigenvalue weighted by Crippen LogP contribution is 2.19. The average molecular weight is 204 g/mol. The third-order valence-electron chi connectivity index (χ3n) is 2.92. The zero-order chi connectivity index (χ0) is 10.7. The molecule has 1 amide bonds. The van der Waals surface area contributed by atoms with Crippen molar-refractivity contribution in [2.24, 2.45) is 5.73 Å². The number of primary amides is 1. The maximum absolute atomic E-state index is 11.2. The quantitative estimate of drug-likeness (QED) is 0.802. The molecule has 0 aromatic heterocycles. The molecule has 3 heteroatoms. The zero-order valence-electron chi connectivity index (χ0n) is 8.73. The van der Waals surface area contributed by atoms with Gasteiger partial charge in [-0.05, 0) is 24.9 Å². The van der Waals surface area contributed by atoms with Gasteiger partial charge in [-0.15, -0.1) is 0 Å². The number of amides is 1. The highest BCUT2D eigenvalue weighted by molar-refractivity contribution is 5.80. The highest BCUT2D eigenvalue weighted by Gasteiger charge is 2.28. The fourth-order valence-corrected chi connectivity index (χ4v) is 2.16.